The van der Waals surface area contributed by atoms with Crippen molar-refractivity contribution in [2.24, 2.45) is 0 Å². The van der Waals surface area contributed by atoms with Gasteiger partial charge in [0.05, 0.1) is 17.9 Å². The van der Waals surface area contributed by atoms with Crippen LogP contribution in [0.1, 0.15) is 16.7 Å². The molecule has 0 saturated carbocycles. The predicted octanol–water partition coefficient (Wildman–Crippen LogP) is 6.51. The minimum atomic E-state index is 0.524. The third-order valence-electron chi connectivity index (χ3n) is 5.53. The molecule has 0 atom stereocenters. The highest BCUT2D eigenvalue weighted by Crippen LogP contribution is 2.40. The Bertz CT molecular complexity index is 1460. The quantitative estimate of drug-likeness (QED) is 0.337. The van der Waals surface area contributed by atoms with Gasteiger partial charge in [0.25, 0.3) is 0 Å². The maximum absolute atomic E-state index is 9.75. The molecule has 0 radical (unpaired) electrons. The number of fused-ring (bicyclic) bond motifs is 2. The van der Waals surface area contributed by atoms with Gasteiger partial charge in [-0.15, -0.1) is 11.3 Å². The van der Waals surface area contributed by atoms with Crippen molar-refractivity contribution in [2.45, 2.75) is 13.5 Å². The first-order valence-electron chi connectivity index (χ1n) is 9.93. The van der Waals surface area contributed by atoms with E-state index >= 15 is 0 Å². The fourth-order valence-corrected chi connectivity index (χ4v) is 5.01. The first kappa shape index (κ1) is 19.3. The van der Waals surface area contributed by atoms with Crippen LogP contribution in [-0.2, 0) is 11.3 Å². The number of hydrogen-bond acceptors (Lipinski definition) is 5. The van der Waals surface area contributed by atoms with Gasteiger partial charge in [0.2, 0.25) is 0 Å². The molecule has 2 N–H and O–H groups in total. The number of ether oxygens (including phenoxy) is 1. The molecule has 5 nitrogen and oxygen atoms in total. The third kappa shape index (κ3) is 3.34. The molecule has 31 heavy (non-hydrogen) atoms. The molecule has 3 aromatic heterocycles. The Morgan fingerprint density at radius 2 is 2.03 bits per heavy atom. The molecule has 0 unspecified atom stereocenters. The van der Waals surface area contributed by atoms with Crippen molar-refractivity contribution >= 4 is 43.8 Å². The van der Waals surface area contributed by atoms with Crippen molar-refractivity contribution in [3.05, 3.63) is 77.6 Å². The summed E-state index contributed by atoms with van der Waals surface area (Å²) in [6.07, 6.45) is 3.59. The average Bonchev–Trinajstić information content (AvgIpc) is 3.44. The number of hydrogen-bond donors (Lipinski definition) is 2. The van der Waals surface area contributed by atoms with Gasteiger partial charge in [-0.2, -0.15) is 5.26 Å². The molecule has 0 saturated heterocycles. The highest BCUT2D eigenvalue weighted by Gasteiger charge is 2.16. The zero-order valence-electron chi connectivity index (χ0n) is 17.2. The molecule has 0 spiro atoms. The van der Waals surface area contributed by atoms with Crippen LogP contribution < -0.4 is 5.32 Å². The van der Waals surface area contributed by atoms with Crippen LogP contribution in [0.5, 0.6) is 0 Å². The van der Waals surface area contributed by atoms with Gasteiger partial charge >= 0.3 is 0 Å². The predicted molar refractivity (Wildman–Crippen MR) is 127 cm³/mol. The van der Waals surface area contributed by atoms with E-state index < -0.39 is 0 Å². The van der Waals surface area contributed by atoms with Gasteiger partial charge in [-0.25, -0.2) is 4.98 Å². The number of aryl methyl sites for hydroxylation is 1. The van der Waals surface area contributed by atoms with Gasteiger partial charge < -0.3 is 15.0 Å². The van der Waals surface area contributed by atoms with Gasteiger partial charge in [0.15, 0.2) is 0 Å². The summed E-state index contributed by atoms with van der Waals surface area (Å²) in [5, 5.41) is 15.4. The number of aromatic amines is 1. The largest absolute Gasteiger partial charge is 0.380 e. The van der Waals surface area contributed by atoms with Crippen molar-refractivity contribution in [1.82, 2.24) is 9.97 Å². The topological polar surface area (TPSA) is 73.7 Å². The molecule has 6 heteroatoms. The summed E-state index contributed by atoms with van der Waals surface area (Å²) in [6, 6.07) is 18.8. The summed E-state index contributed by atoms with van der Waals surface area (Å²) in [7, 11) is 1.70. The van der Waals surface area contributed by atoms with Gasteiger partial charge in [0.1, 0.15) is 10.9 Å². The smallest absolute Gasteiger partial charge is 0.126 e. The van der Waals surface area contributed by atoms with Crippen molar-refractivity contribution in [3.63, 3.8) is 0 Å². The van der Waals surface area contributed by atoms with Crippen molar-refractivity contribution in [3.8, 4) is 16.5 Å². The van der Waals surface area contributed by atoms with E-state index in [1.165, 1.54) is 0 Å². The van der Waals surface area contributed by atoms with Crippen LogP contribution in [0.2, 0.25) is 0 Å². The summed E-state index contributed by atoms with van der Waals surface area (Å²) in [6.45, 7) is 2.63. The summed E-state index contributed by atoms with van der Waals surface area (Å²) in [5.74, 6) is 0. The van der Waals surface area contributed by atoms with Crippen LogP contribution in [0.15, 0.2) is 60.9 Å². The number of nitriles is 1. The van der Waals surface area contributed by atoms with Crippen LogP contribution in [0.3, 0.4) is 0 Å². The zero-order chi connectivity index (χ0) is 21.4. The van der Waals surface area contributed by atoms with E-state index in [0.29, 0.717) is 12.2 Å². The first-order valence-corrected chi connectivity index (χ1v) is 10.7. The Kier molecular flexibility index (Phi) is 4.91. The molecule has 0 aliphatic rings. The highest BCUT2D eigenvalue weighted by molar-refractivity contribution is 7.22. The van der Waals surface area contributed by atoms with E-state index in [4.69, 9.17) is 4.74 Å². The second-order valence-corrected chi connectivity index (χ2v) is 8.41. The van der Waals surface area contributed by atoms with Gasteiger partial charge in [-0.3, -0.25) is 0 Å². The van der Waals surface area contributed by atoms with Crippen LogP contribution in [0.25, 0.3) is 31.6 Å². The number of thiophene rings is 1. The number of nitrogens with one attached hydrogen (secondary N) is 2. The van der Waals surface area contributed by atoms with Crippen molar-refractivity contribution in [2.75, 3.05) is 12.4 Å². The lowest BCUT2D eigenvalue weighted by Crippen LogP contribution is -1.97. The first-order chi connectivity index (χ1) is 15.2. The Morgan fingerprint density at radius 3 is 2.87 bits per heavy atom. The lowest BCUT2D eigenvalue weighted by molar-refractivity contribution is 0.185. The molecular formula is C25H20N4OS. The number of methoxy groups -OCH3 is 1. The summed E-state index contributed by atoms with van der Waals surface area (Å²) < 4.78 is 5.38. The summed E-state index contributed by atoms with van der Waals surface area (Å²) >= 11 is 1.62. The average molecular weight is 425 g/mol. The third-order valence-corrected chi connectivity index (χ3v) is 6.60. The fourth-order valence-electron chi connectivity index (χ4n) is 3.94. The van der Waals surface area contributed by atoms with E-state index in [-0.39, 0.29) is 0 Å². The molecule has 5 aromatic rings. The molecule has 0 bridgehead atoms. The Morgan fingerprint density at radius 1 is 1.16 bits per heavy atom. The SMILES string of the molecule is COCc1ccccc1-c1cc2c(Nc3ccc4[nH]ccc4c3C)c(C#N)cnc2s1. The standard InChI is InChI=1S/C25H20N4OS/c1-15-18-9-10-27-22(18)8-7-21(15)29-24-17(12-26)13-28-25-20(24)11-23(31-25)19-6-4-3-5-16(19)14-30-2/h3-11,13,27H,14H2,1-2H3,(H,28,29). The number of benzene rings is 2. The molecule has 152 valence electrons. The van der Waals surface area contributed by atoms with Crippen molar-refractivity contribution in [1.29, 1.82) is 5.26 Å². The molecule has 0 fully saturated rings. The Balaban J connectivity index is 1.65. The molecule has 0 aliphatic heterocycles. The molecule has 5 rings (SSSR count). The van der Waals surface area contributed by atoms with E-state index in [9.17, 15) is 5.26 Å². The second-order valence-electron chi connectivity index (χ2n) is 7.38. The van der Waals surface area contributed by atoms with Crippen LogP contribution in [0.4, 0.5) is 11.4 Å². The number of pyridine rings is 1. The van der Waals surface area contributed by atoms with Crippen molar-refractivity contribution < 1.29 is 4.74 Å². The van der Waals surface area contributed by atoms with Crippen LogP contribution >= 0.6 is 11.3 Å². The maximum atomic E-state index is 9.75. The minimum absolute atomic E-state index is 0.524. The number of anilines is 2. The molecule has 2 aromatic carbocycles. The molecule has 0 amide bonds. The Hall–Kier alpha value is -3.66. The summed E-state index contributed by atoms with van der Waals surface area (Å²) in [4.78, 5) is 9.80. The lowest BCUT2D eigenvalue weighted by atomic mass is 10.1. The number of nitrogens with zero attached hydrogens (tertiary/aromatic N) is 2. The van der Waals surface area contributed by atoms with Gasteiger partial charge in [0, 0.05) is 46.4 Å². The maximum Gasteiger partial charge on any atom is 0.126 e. The van der Waals surface area contributed by atoms with Crippen LogP contribution in [0, 0.1) is 18.3 Å². The number of aromatic nitrogens is 2. The molecule has 0 aliphatic carbocycles. The van der Waals surface area contributed by atoms with E-state index in [2.05, 4.69) is 58.6 Å². The van der Waals surface area contributed by atoms with E-state index in [0.717, 1.165) is 54.1 Å². The highest BCUT2D eigenvalue weighted by atomic mass is 32.1. The van der Waals surface area contributed by atoms with Crippen LogP contribution in [-0.4, -0.2) is 17.1 Å². The number of H-pyrrole nitrogens is 1. The number of rotatable bonds is 5. The fraction of sp³-hybridized carbons (Fsp3) is 0.120. The lowest BCUT2D eigenvalue weighted by Gasteiger charge is -2.13. The Labute approximate surface area is 183 Å². The zero-order valence-corrected chi connectivity index (χ0v) is 18.0. The minimum Gasteiger partial charge on any atom is -0.380 e. The van der Waals surface area contributed by atoms with E-state index in [1.807, 2.05) is 24.4 Å². The normalized spacial score (nSPS) is 11.1. The second kappa shape index (κ2) is 7.88. The van der Waals surface area contributed by atoms with Gasteiger partial charge in [-0.1, -0.05) is 24.3 Å². The van der Waals surface area contributed by atoms with E-state index in [1.54, 1.807) is 24.6 Å². The van der Waals surface area contributed by atoms with Gasteiger partial charge in [-0.05, 0) is 47.9 Å². The monoisotopic (exact) mass is 424 g/mol. The molecular weight excluding hydrogens is 404 g/mol. The molecule has 3 heterocycles. The summed E-state index contributed by atoms with van der Waals surface area (Å²) in [5.41, 5.74) is 6.77.